The number of fused-ring (bicyclic) bond motifs is 1. The van der Waals surface area contributed by atoms with Crippen LogP contribution in [0.1, 0.15) is 49.9 Å². The number of carboxylic acid groups (broad SMARTS) is 1. The number of benzene rings is 2. The van der Waals surface area contributed by atoms with Crippen molar-refractivity contribution in [3.63, 3.8) is 0 Å². The van der Waals surface area contributed by atoms with Gasteiger partial charge in [0.15, 0.2) is 0 Å². The molecule has 0 aliphatic carbocycles. The van der Waals surface area contributed by atoms with Crippen LogP contribution in [0.15, 0.2) is 30.3 Å². The highest BCUT2D eigenvalue weighted by molar-refractivity contribution is 5.98. The van der Waals surface area contributed by atoms with Crippen molar-refractivity contribution in [2.75, 3.05) is 7.11 Å². The van der Waals surface area contributed by atoms with Gasteiger partial charge in [-0.25, -0.2) is 9.59 Å². The number of carboxylic acids is 1. The van der Waals surface area contributed by atoms with Crippen LogP contribution in [0.2, 0.25) is 0 Å². The summed E-state index contributed by atoms with van der Waals surface area (Å²) in [6, 6.07) is 6.72. The molecule has 1 aliphatic rings. The molecule has 2 aromatic carbocycles. The molecule has 140 valence electrons. The van der Waals surface area contributed by atoms with Gasteiger partial charge < -0.3 is 19.7 Å². The summed E-state index contributed by atoms with van der Waals surface area (Å²) in [7, 11) is 1.51. The minimum absolute atomic E-state index is 0.116. The summed E-state index contributed by atoms with van der Waals surface area (Å²) in [6.45, 7) is 3.74. The maximum Gasteiger partial charge on any atom is 0.342 e. The summed E-state index contributed by atoms with van der Waals surface area (Å²) in [5.41, 5.74) is 3.59. The van der Waals surface area contributed by atoms with Crippen LogP contribution in [0.3, 0.4) is 0 Å². The third-order valence-corrected chi connectivity index (χ3v) is 4.84. The van der Waals surface area contributed by atoms with E-state index in [9.17, 15) is 19.8 Å². The van der Waals surface area contributed by atoms with Crippen LogP contribution in [0, 0.1) is 6.92 Å². The topological polar surface area (TPSA) is 93.1 Å². The largest absolute Gasteiger partial charge is 0.507 e. The Kier molecular flexibility index (Phi) is 4.90. The van der Waals surface area contributed by atoms with Gasteiger partial charge in [-0.15, -0.1) is 0 Å². The lowest BCUT2D eigenvalue weighted by molar-refractivity contribution is 0.0532. The molecule has 1 aliphatic heterocycles. The average Bonchev–Trinajstić information content (AvgIpc) is 3.05. The van der Waals surface area contributed by atoms with E-state index in [1.807, 2.05) is 13.0 Å². The van der Waals surface area contributed by atoms with Crippen LogP contribution in [0.25, 0.3) is 5.57 Å². The molecule has 0 saturated heterocycles. The number of carbonyl (C=O) groups is 2. The van der Waals surface area contributed by atoms with E-state index in [1.54, 1.807) is 31.2 Å². The fraction of sp³-hybridized carbons (Fsp3) is 0.238. The van der Waals surface area contributed by atoms with Gasteiger partial charge in [0, 0.05) is 11.1 Å². The Balaban J connectivity index is 2.05. The van der Waals surface area contributed by atoms with Crippen LogP contribution >= 0.6 is 0 Å². The summed E-state index contributed by atoms with van der Waals surface area (Å²) < 4.78 is 10.5. The van der Waals surface area contributed by atoms with Crippen LogP contribution < -0.4 is 4.74 Å². The molecule has 0 radical (unpaired) electrons. The van der Waals surface area contributed by atoms with Crippen molar-refractivity contribution < 1.29 is 29.3 Å². The Labute approximate surface area is 156 Å². The lowest BCUT2D eigenvalue weighted by atomic mass is 9.93. The second-order valence-electron chi connectivity index (χ2n) is 6.36. The predicted octanol–water partition coefficient (Wildman–Crippen LogP) is 3.72. The summed E-state index contributed by atoms with van der Waals surface area (Å²) in [6.07, 6.45) is 2.08. The van der Waals surface area contributed by atoms with E-state index < -0.39 is 11.9 Å². The van der Waals surface area contributed by atoms with Crippen molar-refractivity contribution in [3.8, 4) is 11.5 Å². The Morgan fingerprint density at radius 3 is 2.59 bits per heavy atom. The number of hydrogen-bond donors (Lipinski definition) is 2. The Morgan fingerprint density at radius 1 is 1.30 bits per heavy atom. The number of cyclic esters (lactones) is 1. The Morgan fingerprint density at radius 2 is 1.96 bits per heavy atom. The van der Waals surface area contributed by atoms with Gasteiger partial charge in [-0.3, -0.25) is 0 Å². The van der Waals surface area contributed by atoms with Crippen molar-refractivity contribution >= 4 is 17.5 Å². The van der Waals surface area contributed by atoms with Crippen LogP contribution in [-0.4, -0.2) is 29.3 Å². The molecule has 0 aromatic heterocycles. The van der Waals surface area contributed by atoms with E-state index in [2.05, 4.69) is 0 Å². The molecule has 0 fully saturated rings. The van der Waals surface area contributed by atoms with Crippen molar-refractivity contribution in [3.05, 3.63) is 63.7 Å². The number of methoxy groups -OCH3 is 1. The standard InChI is InChI=1S/C21H20O6/c1-11(13-6-4-5-7-14(13)20(23)24)8-9-15-18(22)17-16(10-27-21(17)25)12(2)19(15)26-3/h4-8,22H,9-10H2,1-3H3,(H,23,24)/b11-8+. The molecule has 6 heteroatoms. The monoisotopic (exact) mass is 368 g/mol. The van der Waals surface area contributed by atoms with Crippen molar-refractivity contribution in [1.29, 1.82) is 0 Å². The molecular formula is C21H20O6. The van der Waals surface area contributed by atoms with Crippen molar-refractivity contribution in [2.45, 2.75) is 26.9 Å². The zero-order valence-electron chi connectivity index (χ0n) is 15.3. The first kappa shape index (κ1) is 18.5. The van der Waals surface area contributed by atoms with E-state index in [0.717, 1.165) is 11.1 Å². The minimum atomic E-state index is -1.00. The average molecular weight is 368 g/mol. The van der Waals surface area contributed by atoms with E-state index in [0.29, 0.717) is 22.4 Å². The number of allylic oxidation sites excluding steroid dienone is 2. The zero-order chi connectivity index (χ0) is 19.7. The number of aromatic hydroxyl groups is 1. The highest BCUT2D eigenvalue weighted by Gasteiger charge is 2.31. The van der Waals surface area contributed by atoms with E-state index in [1.165, 1.54) is 7.11 Å². The normalized spacial score (nSPS) is 13.3. The molecule has 0 spiro atoms. The first-order chi connectivity index (χ1) is 12.9. The number of phenols is 1. The molecule has 0 atom stereocenters. The molecule has 0 amide bonds. The third-order valence-electron chi connectivity index (χ3n) is 4.84. The molecule has 1 heterocycles. The number of rotatable bonds is 5. The lowest BCUT2D eigenvalue weighted by Crippen LogP contribution is -2.03. The van der Waals surface area contributed by atoms with Gasteiger partial charge >= 0.3 is 11.9 Å². The first-order valence-electron chi connectivity index (χ1n) is 8.44. The molecule has 0 saturated carbocycles. The van der Waals surface area contributed by atoms with Crippen LogP contribution in [0.4, 0.5) is 0 Å². The van der Waals surface area contributed by atoms with Crippen molar-refractivity contribution in [2.24, 2.45) is 0 Å². The van der Waals surface area contributed by atoms with E-state index >= 15 is 0 Å². The molecule has 27 heavy (non-hydrogen) atoms. The Bertz CT molecular complexity index is 971. The summed E-state index contributed by atoms with van der Waals surface area (Å²) in [4.78, 5) is 23.4. The SMILES string of the molecule is COc1c(C)c2c(c(O)c1C/C=C(\C)c1ccccc1C(=O)O)C(=O)OC2. The van der Waals surface area contributed by atoms with Gasteiger partial charge in [0.1, 0.15) is 23.7 Å². The summed E-state index contributed by atoms with van der Waals surface area (Å²) in [5, 5.41) is 20.0. The summed E-state index contributed by atoms with van der Waals surface area (Å²) in [5.74, 6) is -1.20. The van der Waals surface area contributed by atoms with Gasteiger partial charge in [-0.1, -0.05) is 24.3 Å². The quantitative estimate of drug-likeness (QED) is 0.781. The number of esters is 1. The van der Waals surface area contributed by atoms with Gasteiger partial charge in [0.2, 0.25) is 0 Å². The second-order valence-corrected chi connectivity index (χ2v) is 6.36. The van der Waals surface area contributed by atoms with Gasteiger partial charge in [-0.2, -0.15) is 0 Å². The number of hydrogen-bond acceptors (Lipinski definition) is 5. The fourth-order valence-electron chi connectivity index (χ4n) is 3.41. The number of phenolic OH excluding ortho intramolecular Hbond substituents is 1. The third kappa shape index (κ3) is 3.14. The maximum absolute atomic E-state index is 12.0. The first-order valence-corrected chi connectivity index (χ1v) is 8.44. The molecule has 0 bridgehead atoms. The number of ether oxygens (including phenoxy) is 2. The van der Waals surface area contributed by atoms with Gasteiger partial charge in [0.05, 0.1) is 12.7 Å². The van der Waals surface area contributed by atoms with Crippen LogP contribution in [-0.2, 0) is 17.8 Å². The van der Waals surface area contributed by atoms with Crippen molar-refractivity contribution in [1.82, 2.24) is 0 Å². The Hall–Kier alpha value is -3.28. The molecule has 0 unspecified atom stereocenters. The van der Waals surface area contributed by atoms with Gasteiger partial charge in [0.25, 0.3) is 0 Å². The summed E-state index contributed by atoms with van der Waals surface area (Å²) >= 11 is 0. The predicted molar refractivity (Wildman–Crippen MR) is 99.3 cm³/mol. The number of aromatic carboxylic acids is 1. The number of carbonyl (C=O) groups excluding carboxylic acids is 1. The highest BCUT2D eigenvalue weighted by Crippen LogP contribution is 2.42. The molecule has 2 N–H and O–H groups in total. The van der Waals surface area contributed by atoms with E-state index in [4.69, 9.17) is 9.47 Å². The molecule has 6 nitrogen and oxygen atoms in total. The molecular weight excluding hydrogens is 348 g/mol. The van der Waals surface area contributed by atoms with Gasteiger partial charge in [-0.05, 0) is 43.0 Å². The van der Waals surface area contributed by atoms with E-state index in [-0.39, 0.29) is 29.9 Å². The second kappa shape index (κ2) is 7.15. The highest BCUT2D eigenvalue weighted by atomic mass is 16.5. The smallest absolute Gasteiger partial charge is 0.342 e. The molecule has 3 rings (SSSR count). The zero-order valence-corrected chi connectivity index (χ0v) is 15.3. The maximum atomic E-state index is 12.0. The minimum Gasteiger partial charge on any atom is -0.507 e. The fourth-order valence-corrected chi connectivity index (χ4v) is 3.41. The lowest BCUT2D eigenvalue weighted by Gasteiger charge is -2.16. The molecule has 2 aromatic rings. The van der Waals surface area contributed by atoms with Crippen LogP contribution in [0.5, 0.6) is 11.5 Å².